The molecule has 17 heavy (non-hydrogen) atoms. The molecule has 0 saturated carbocycles. The quantitative estimate of drug-likeness (QED) is 0.851. The Kier molecular flexibility index (Phi) is 4.48. The summed E-state index contributed by atoms with van der Waals surface area (Å²) in [5.41, 5.74) is 0.647. The summed E-state index contributed by atoms with van der Waals surface area (Å²) in [6.07, 6.45) is 1.07. The Morgan fingerprint density at radius 2 is 2.35 bits per heavy atom. The highest BCUT2D eigenvalue weighted by atomic mass is 19.1. The summed E-state index contributed by atoms with van der Waals surface area (Å²) in [5, 5.41) is 3.08. The summed E-state index contributed by atoms with van der Waals surface area (Å²) in [6, 6.07) is 6.67. The van der Waals surface area contributed by atoms with E-state index in [4.69, 9.17) is 9.47 Å². The molecule has 1 aromatic rings. The third-order valence-corrected chi connectivity index (χ3v) is 3.02. The summed E-state index contributed by atoms with van der Waals surface area (Å²) in [6.45, 7) is 1.87. The fourth-order valence-corrected chi connectivity index (χ4v) is 1.96. The first-order valence-corrected chi connectivity index (χ1v) is 5.92. The number of halogens is 1. The van der Waals surface area contributed by atoms with Crippen molar-refractivity contribution in [3.05, 3.63) is 35.6 Å². The Morgan fingerprint density at radius 3 is 3.00 bits per heavy atom. The van der Waals surface area contributed by atoms with Gasteiger partial charge in [0.2, 0.25) is 0 Å². The van der Waals surface area contributed by atoms with Gasteiger partial charge in [-0.25, -0.2) is 4.39 Å². The van der Waals surface area contributed by atoms with Crippen molar-refractivity contribution in [2.24, 2.45) is 0 Å². The molecule has 1 saturated heterocycles. The van der Waals surface area contributed by atoms with Gasteiger partial charge in [0.25, 0.3) is 0 Å². The molecule has 1 aliphatic heterocycles. The molecule has 4 heteroatoms. The highest BCUT2D eigenvalue weighted by molar-refractivity contribution is 5.21. The molecule has 1 heterocycles. The smallest absolute Gasteiger partial charge is 0.128 e. The monoisotopic (exact) mass is 239 g/mol. The van der Waals surface area contributed by atoms with Gasteiger partial charge in [-0.2, -0.15) is 0 Å². The van der Waals surface area contributed by atoms with Gasteiger partial charge in [0, 0.05) is 12.2 Å². The van der Waals surface area contributed by atoms with E-state index in [0.717, 1.165) is 13.0 Å². The molecule has 0 amide bonds. The highest BCUT2D eigenvalue weighted by Crippen LogP contribution is 2.18. The third-order valence-electron chi connectivity index (χ3n) is 3.02. The van der Waals surface area contributed by atoms with Crippen LogP contribution in [0.1, 0.15) is 18.0 Å². The van der Waals surface area contributed by atoms with E-state index in [1.54, 1.807) is 12.1 Å². The van der Waals surface area contributed by atoms with Gasteiger partial charge in [-0.05, 0) is 19.5 Å². The van der Waals surface area contributed by atoms with Crippen molar-refractivity contribution in [2.75, 3.05) is 26.9 Å². The molecule has 1 aliphatic rings. The van der Waals surface area contributed by atoms with Crippen LogP contribution in [0.5, 0.6) is 0 Å². The third kappa shape index (κ3) is 3.25. The number of likely N-dealkylation sites (N-methyl/N-ethyl adjacent to an activating group) is 1. The number of rotatable bonds is 5. The Labute approximate surface area is 101 Å². The Hall–Kier alpha value is -0.970. The minimum Gasteiger partial charge on any atom is -0.379 e. The van der Waals surface area contributed by atoms with E-state index in [1.165, 1.54) is 6.07 Å². The van der Waals surface area contributed by atoms with Crippen LogP contribution in [0.2, 0.25) is 0 Å². The predicted molar refractivity (Wildman–Crippen MR) is 63.4 cm³/mol. The minimum absolute atomic E-state index is 0.114. The van der Waals surface area contributed by atoms with Crippen LogP contribution in [0.3, 0.4) is 0 Å². The molecule has 1 N–H and O–H groups in total. The topological polar surface area (TPSA) is 30.5 Å². The summed E-state index contributed by atoms with van der Waals surface area (Å²) < 4.78 is 24.6. The van der Waals surface area contributed by atoms with Gasteiger partial charge in [-0.3, -0.25) is 0 Å². The van der Waals surface area contributed by atoms with Crippen molar-refractivity contribution in [1.29, 1.82) is 0 Å². The first-order chi connectivity index (χ1) is 8.31. The molecule has 3 nitrogen and oxygen atoms in total. The van der Waals surface area contributed by atoms with E-state index in [1.807, 2.05) is 13.1 Å². The van der Waals surface area contributed by atoms with Crippen molar-refractivity contribution in [3.8, 4) is 0 Å². The van der Waals surface area contributed by atoms with Crippen molar-refractivity contribution < 1.29 is 13.9 Å². The standard InChI is InChI=1S/C13H18FNO2/c1-15-13(9-17-10-6-7-16-8-10)11-4-2-3-5-12(11)14/h2-5,10,13,15H,6-9H2,1H3. The van der Waals surface area contributed by atoms with Crippen LogP contribution in [-0.2, 0) is 9.47 Å². The van der Waals surface area contributed by atoms with Crippen molar-refractivity contribution in [3.63, 3.8) is 0 Å². The largest absolute Gasteiger partial charge is 0.379 e. The lowest BCUT2D eigenvalue weighted by Gasteiger charge is -2.19. The van der Waals surface area contributed by atoms with Gasteiger partial charge in [-0.15, -0.1) is 0 Å². The van der Waals surface area contributed by atoms with Gasteiger partial charge < -0.3 is 14.8 Å². The zero-order valence-electron chi connectivity index (χ0n) is 9.99. The Balaban J connectivity index is 1.94. The lowest BCUT2D eigenvalue weighted by molar-refractivity contribution is 0.0303. The second-order valence-corrected chi connectivity index (χ2v) is 4.18. The van der Waals surface area contributed by atoms with Gasteiger partial charge in [0.05, 0.1) is 25.4 Å². The van der Waals surface area contributed by atoms with Crippen LogP contribution in [0.15, 0.2) is 24.3 Å². The van der Waals surface area contributed by atoms with Crippen LogP contribution in [0.4, 0.5) is 4.39 Å². The molecule has 1 aromatic carbocycles. The fraction of sp³-hybridized carbons (Fsp3) is 0.538. The maximum absolute atomic E-state index is 13.6. The SMILES string of the molecule is CNC(COC1CCOC1)c1ccccc1F. The number of hydrogen-bond donors (Lipinski definition) is 1. The molecule has 2 rings (SSSR count). The highest BCUT2D eigenvalue weighted by Gasteiger charge is 2.19. The minimum atomic E-state index is -0.196. The Bertz CT molecular complexity index is 353. The van der Waals surface area contributed by atoms with E-state index in [-0.39, 0.29) is 18.0 Å². The van der Waals surface area contributed by atoms with Crippen LogP contribution in [0.25, 0.3) is 0 Å². The van der Waals surface area contributed by atoms with Crippen LogP contribution in [-0.4, -0.2) is 33.0 Å². The summed E-state index contributed by atoms with van der Waals surface area (Å²) in [5.74, 6) is -0.196. The average Bonchev–Trinajstić information content (AvgIpc) is 2.85. The normalized spacial score (nSPS) is 21.6. The van der Waals surface area contributed by atoms with Crippen LogP contribution < -0.4 is 5.32 Å². The van der Waals surface area contributed by atoms with Crippen LogP contribution in [0, 0.1) is 5.82 Å². The maximum Gasteiger partial charge on any atom is 0.128 e. The predicted octanol–water partition coefficient (Wildman–Crippen LogP) is 1.89. The summed E-state index contributed by atoms with van der Waals surface area (Å²) in [7, 11) is 1.81. The van der Waals surface area contributed by atoms with E-state index in [9.17, 15) is 4.39 Å². The summed E-state index contributed by atoms with van der Waals surface area (Å²) in [4.78, 5) is 0. The second-order valence-electron chi connectivity index (χ2n) is 4.18. The molecule has 2 atom stereocenters. The first-order valence-electron chi connectivity index (χ1n) is 5.92. The summed E-state index contributed by atoms with van der Waals surface area (Å²) >= 11 is 0. The second kappa shape index (κ2) is 6.10. The van der Waals surface area contributed by atoms with E-state index in [2.05, 4.69) is 5.32 Å². The average molecular weight is 239 g/mol. The molecular formula is C13H18FNO2. The molecular weight excluding hydrogens is 221 g/mol. The molecule has 0 spiro atoms. The van der Waals surface area contributed by atoms with Crippen molar-refractivity contribution >= 4 is 0 Å². The van der Waals surface area contributed by atoms with E-state index in [0.29, 0.717) is 18.8 Å². The molecule has 0 radical (unpaired) electrons. The van der Waals surface area contributed by atoms with E-state index < -0.39 is 0 Å². The number of hydrogen-bond acceptors (Lipinski definition) is 3. The number of benzene rings is 1. The molecule has 0 bridgehead atoms. The van der Waals surface area contributed by atoms with Crippen LogP contribution >= 0.6 is 0 Å². The Morgan fingerprint density at radius 1 is 1.53 bits per heavy atom. The van der Waals surface area contributed by atoms with Gasteiger partial charge in [0.1, 0.15) is 5.82 Å². The molecule has 0 aromatic heterocycles. The van der Waals surface area contributed by atoms with Gasteiger partial charge >= 0.3 is 0 Å². The maximum atomic E-state index is 13.6. The zero-order valence-corrected chi connectivity index (χ0v) is 9.99. The first kappa shape index (κ1) is 12.5. The lowest BCUT2D eigenvalue weighted by atomic mass is 10.1. The van der Waals surface area contributed by atoms with Crippen molar-refractivity contribution in [2.45, 2.75) is 18.6 Å². The van der Waals surface area contributed by atoms with E-state index >= 15 is 0 Å². The molecule has 1 fully saturated rings. The fourth-order valence-electron chi connectivity index (χ4n) is 1.96. The number of ether oxygens (including phenoxy) is 2. The molecule has 2 unspecified atom stereocenters. The van der Waals surface area contributed by atoms with Gasteiger partial charge in [-0.1, -0.05) is 18.2 Å². The lowest BCUT2D eigenvalue weighted by Crippen LogP contribution is -2.26. The van der Waals surface area contributed by atoms with Gasteiger partial charge in [0.15, 0.2) is 0 Å². The zero-order chi connectivity index (χ0) is 12.1. The number of nitrogens with one attached hydrogen (secondary N) is 1. The molecule has 0 aliphatic carbocycles. The molecule has 94 valence electrons. The van der Waals surface area contributed by atoms with Crippen molar-refractivity contribution in [1.82, 2.24) is 5.32 Å².